The van der Waals surface area contributed by atoms with Crippen LogP contribution in [-0.2, 0) is 0 Å². The third kappa shape index (κ3) is 3.06. The van der Waals surface area contributed by atoms with Gasteiger partial charge in [-0.15, -0.1) is 0 Å². The molecule has 1 atom stereocenters. The molecule has 1 aromatic carbocycles. The maximum atomic E-state index is 14.1. The van der Waals surface area contributed by atoms with Crippen LogP contribution in [-0.4, -0.2) is 5.11 Å². The van der Waals surface area contributed by atoms with Crippen LogP contribution in [0.3, 0.4) is 0 Å². The molecule has 1 saturated carbocycles. The Bertz CT molecular complexity index is 482. The van der Waals surface area contributed by atoms with Crippen molar-refractivity contribution in [3.05, 3.63) is 33.8 Å². The highest BCUT2D eigenvalue weighted by molar-refractivity contribution is 9.10. The van der Waals surface area contributed by atoms with Crippen LogP contribution in [0.1, 0.15) is 57.6 Å². The predicted octanol–water partition coefficient (Wildman–Crippen LogP) is 5.37. The van der Waals surface area contributed by atoms with Crippen LogP contribution in [0.25, 0.3) is 0 Å². The van der Waals surface area contributed by atoms with Crippen molar-refractivity contribution in [3.63, 3.8) is 0 Å². The summed E-state index contributed by atoms with van der Waals surface area (Å²) in [5.41, 5.74) is -0.219. The Labute approximate surface area is 127 Å². The third-order valence-electron chi connectivity index (χ3n) is 4.33. The van der Waals surface area contributed by atoms with Crippen molar-refractivity contribution in [2.45, 2.75) is 52.1 Å². The zero-order chi connectivity index (χ0) is 14.9. The molecule has 0 radical (unpaired) electrons. The summed E-state index contributed by atoms with van der Waals surface area (Å²) >= 11 is 2.97. The standard InChI is InChI=1S/C16H21BrF2O/c1-10(2)9-16(5-3-4-6-16)15(20)11-7-14(19)12(17)8-13(11)18/h7-8,10,15,20H,3-6,9H2,1-2H3. The minimum absolute atomic E-state index is 0.0910. The summed E-state index contributed by atoms with van der Waals surface area (Å²) in [6, 6.07) is 2.23. The minimum Gasteiger partial charge on any atom is -0.388 e. The molecule has 2 rings (SSSR count). The molecule has 1 N–H and O–H groups in total. The normalized spacial score (nSPS) is 19.6. The van der Waals surface area contributed by atoms with Gasteiger partial charge in [0.15, 0.2) is 0 Å². The van der Waals surface area contributed by atoms with E-state index in [0.717, 1.165) is 44.2 Å². The van der Waals surface area contributed by atoms with E-state index >= 15 is 0 Å². The first kappa shape index (κ1) is 15.9. The Morgan fingerprint density at radius 3 is 2.35 bits per heavy atom. The van der Waals surface area contributed by atoms with Gasteiger partial charge in [-0.2, -0.15) is 0 Å². The maximum Gasteiger partial charge on any atom is 0.137 e. The number of hydrogen-bond donors (Lipinski definition) is 1. The van der Waals surface area contributed by atoms with Gasteiger partial charge in [-0.3, -0.25) is 0 Å². The van der Waals surface area contributed by atoms with Gasteiger partial charge in [0.2, 0.25) is 0 Å². The van der Waals surface area contributed by atoms with Crippen LogP contribution in [0, 0.1) is 23.0 Å². The van der Waals surface area contributed by atoms with E-state index in [-0.39, 0.29) is 15.5 Å². The van der Waals surface area contributed by atoms with Gasteiger partial charge in [-0.25, -0.2) is 8.78 Å². The van der Waals surface area contributed by atoms with Gasteiger partial charge in [0.25, 0.3) is 0 Å². The largest absolute Gasteiger partial charge is 0.388 e. The van der Waals surface area contributed by atoms with Gasteiger partial charge in [-0.1, -0.05) is 26.7 Å². The van der Waals surface area contributed by atoms with Gasteiger partial charge < -0.3 is 5.11 Å². The quantitative estimate of drug-likeness (QED) is 0.727. The molecule has 1 unspecified atom stereocenters. The first-order chi connectivity index (χ1) is 9.35. The first-order valence-corrected chi connectivity index (χ1v) is 7.97. The Hall–Kier alpha value is -0.480. The summed E-state index contributed by atoms with van der Waals surface area (Å²) in [6.45, 7) is 4.20. The molecule has 112 valence electrons. The number of halogens is 3. The molecule has 0 amide bonds. The fourth-order valence-electron chi connectivity index (χ4n) is 3.56. The molecule has 0 bridgehead atoms. The molecule has 1 fully saturated rings. The topological polar surface area (TPSA) is 20.2 Å². The highest BCUT2D eigenvalue weighted by Crippen LogP contribution is 2.52. The summed E-state index contributed by atoms with van der Waals surface area (Å²) in [5, 5.41) is 10.7. The van der Waals surface area contributed by atoms with Gasteiger partial charge >= 0.3 is 0 Å². The van der Waals surface area contributed by atoms with Crippen LogP contribution in [0.15, 0.2) is 16.6 Å². The van der Waals surface area contributed by atoms with Crippen molar-refractivity contribution in [3.8, 4) is 0 Å². The third-order valence-corrected chi connectivity index (χ3v) is 4.94. The number of aliphatic hydroxyl groups is 1. The predicted molar refractivity (Wildman–Crippen MR) is 79.4 cm³/mol. The molecule has 0 saturated heterocycles. The molecule has 0 aromatic heterocycles. The lowest BCUT2D eigenvalue weighted by molar-refractivity contribution is 0.00853. The van der Waals surface area contributed by atoms with Gasteiger partial charge in [0, 0.05) is 11.0 Å². The smallest absolute Gasteiger partial charge is 0.137 e. The Morgan fingerprint density at radius 1 is 1.20 bits per heavy atom. The zero-order valence-electron chi connectivity index (χ0n) is 11.9. The molecule has 0 heterocycles. The molecule has 1 aliphatic rings. The molecule has 0 aliphatic heterocycles. The molecule has 1 nitrogen and oxygen atoms in total. The molecular weight excluding hydrogens is 326 g/mol. The van der Waals surface area contributed by atoms with E-state index in [0.29, 0.717) is 5.92 Å². The highest BCUT2D eigenvalue weighted by Gasteiger charge is 2.42. The Morgan fingerprint density at radius 2 is 1.80 bits per heavy atom. The van der Waals surface area contributed by atoms with Gasteiger partial charge in [0.05, 0.1) is 10.6 Å². The van der Waals surface area contributed by atoms with E-state index < -0.39 is 17.7 Å². The second-order valence-corrected chi connectivity index (χ2v) is 7.21. The number of hydrogen-bond acceptors (Lipinski definition) is 1. The van der Waals surface area contributed by atoms with E-state index in [2.05, 4.69) is 29.8 Å². The SMILES string of the molecule is CC(C)CC1(C(O)c2cc(F)c(Br)cc2F)CCCC1. The van der Waals surface area contributed by atoms with Crippen molar-refractivity contribution in [1.29, 1.82) is 0 Å². The lowest BCUT2D eigenvalue weighted by Crippen LogP contribution is -2.28. The van der Waals surface area contributed by atoms with E-state index in [1.807, 2.05) is 0 Å². The van der Waals surface area contributed by atoms with E-state index in [1.165, 1.54) is 0 Å². The highest BCUT2D eigenvalue weighted by atomic mass is 79.9. The number of rotatable bonds is 4. The molecule has 1 aromatic rings. The lowest BCUT2D eigenvalue weighted by atomic mass is 9.72. The molecular formula is C16H21BrF2O. The van der Waals surface area contributed by atoms with Crippen LogP contribution in [0.4, 0.5) is 8.78 Å². The summed E-state index contributed by atoms with van der Waals surface area (Å²) in [4.78, 5) is 0. The summed E-state index contributed by atoms with van der Waals surface area (Å²) < 4.78 is 27.8. The van der Waals surface area contributed by atoms with Crippen molar-refractivity contribution in [2.75, 3.05) is 0 Å². The fraction of sp³-hybridized carbons (Fsp3) is 0.625. The van der Waals surface area contributed by atoms with Crippen LogP contribution in [0.5, 0.6) is 0 Å². The Balaban J connectivity index is 2.37. The molecule has 20 heavy (non-hydrogen) atoms. The van der Waals surface area contributed by atoms with Gasteiger partial charge in [-0.05, 0) is 53.2 Å². The average Bonchev–Trinajstić information content (AvgIpc) is 2.81. The van der Waals surface area contributed by atoms with Crippen LogP contribution >= 0.6 is 15.9 Å². The second-order valence-electron chi connectivity index (χ2n) is 6.36. The van der Waals surface area contributed by atoms with Crippen LogP contribution < -0.4 is 0 Å². The maximum absolute atomic E-state index is 14.1. The van der Waals surface area contributed by atoms with E-state index in [4.69, 9.17) is 0 Å². The van der Waals surface area contributed by atoms with Crippen LogP contribution in [0.2, 0.25) is 0 Å². The van der Waals surface area contributed by atoms with Crippen molar-refractivity contribution < 1.29 is 13.9 Å². The lowest BCUT2D eigenvalue weighted by Gasteiger charge is -2.36. The fourth-order valence-corrected chi connectivity index (χ4v) is 3.87. The molecule has 4 heteroatoms. The van der Waals surface area contributed by atoms with E-state index in [1.54, 1.807) is 0 Å². The van der Waals surface area contributed by atoms with Gasteiger partial charge in [0.1, 0.15) is 11.6 Å². The Kier molecular flexibility index (Phi) is 4.85. The van der Waals surface area contributed by atoms with Crippen molar-refractivity contribution in [1.82, 2.24) is 0 Å². The number of benzene rings is 1. The van der Waals surface area contributed by atoms with Crippen molar-refractivity contribution in [2.24, 2.45) is 11.3 Å². The second kappa shape index (κ2) is 6.10. The van der Waals surface area contributed by atoms with Crippen molar-refractivity contribution >= 4 is 15.9 Å². The zero-order valence-corrected chi connectivity index (χ0v) is 13.5. The molecule has 0 spiro atoms. The monoisotopic (exact) mass is 346 g/mol. The average molecular weight is 347 g/mol. The van der Waals surface area contributed by atoms with E-state index in [9.17, 15) is 13.9 Å². The summed E-state index contributed by atoms with van der Waals surface area (Å²) in [5.74, 6) is -0.648. The number of aliphatic hydroxyl groups excluding tert-OH is 1. The summed E-state index contributed by atoms with van der Waals surface area (Å²) in [7, 11) is 0. The first-order valence-electron chi connectivity index (χ1n) is 7.18. The molecule has 1 aliphatic carbocycles. The minimum atomic E-state index is -0.935. The summed E-state index contributed by atoms with van der Waals surface area (Å²) in [6.07, 6.45) is 3.75.